The largest absolute Gasteiger partial charge is 0.493 e. The van der Waals surface area contributed by atoms with Crippen molar-refractivity contribution in [3.8, 4) is 27.7 Å². The second-order valence-corrected chi connectivity index (χ2v) is 14.0. The van der Waals surface area contributed by atoms with Gasteiger partial charge in [0.1, 0.15) is 30.5 Å². The lowest BCUT2D eigenvalue weighted by molar-refractivity contribution is -0.159. The van der Waals surface area contributed by atoms with Gasteiger partial charge in [-0.15, -0.1) is 11.3 Å². The zero-order valence-electron chi connectivity index (χ0n) is 30.6. The third-order valence-electron chi connectivity index (χ3n) is 9.15. The Morgan fingerprint density at radius 1 is 0.796 bits per heavy atom. The lowest BCUT2D eigenvalue weighted by atomic mass is 9.98. The summed E-state index contributed by atoms with van der Waals surface area (Å²) >= 11 is 1.77. The number of benzene rings is 3. The number of carboxylic acid groups (broad SMARTS) is 2. The number of rotatable bonds is 17. The summed E-state index contributed by atoms with van der Waals surface area (Å²) in [6.45, 7) is 8.37. The van der Waals surface area contributed by atoms with Gasteiger partial charge in [0.05, 0.1) is 19.8 Å². The lowest BCUT2D eigenvalue weighted by Crippen LogP contribution is -2.29. The molecule has 1 amide bonds. The van der Waals surface area contributed by atoms with Crippen LogP contribution in [0, 0.1) is 0 Å². The fraction of sp³-hybridized carbons (Fsp3) is 0.415. The van der Waals surface area contributed by atoms with Crippen LogP contribution >= 0.6 is 11.3 Å². The molecule has 12 nitrogen and oxygen atoms in total. The van der Waals surface area contributed by atoms with E-state index in [0.29, 0.717) is 52.2 Å². The molecule has 0 unspecified atom stereocenters. The summed E-state index contributed by atoms with van der Waals surface area (Å²) in [5.41, 5.74) is 3.45. The first-order valence-electron chi connectivity index (χ1n) is 18.5. The quantitative estimate of drug-likeness (QED) is 0.0688. The van der Waals surface area contributed by atoms with Crippen molar-refractivity contribution in [2.24, 2.45) is 0 Å². The highest BCUT2D eigenvalue weighted by atomic mass is 32.1. The van der Waals surface area contributed by atoms with Gasteiger partial charge in [0, 0.05) is 47.1 Å². The predicted octanol–water partition coefficient (Wildman–Crippen LogP) is 6.51. The number of fused-ring (bicyclic) bond motifs is 1. The maximum absolute atomic E-state index is 12.0. The minimum Gasteiger partial charge on any atom is -0.493 e. The number of ether oxygens (including phenoxy) is 4. The molecule has 54 heavy (non-hydrogen) atoms. The van der Waals surface area contributed by atoms with Crippen molar-refractivity contribution in [2.45, 2.75) is 51.9 Å². The molecule has 2 fully saturated rings. The van der Waals surface area contributed by atoms with Gasteiger partial charge in [-0.25, -0.2) is 9.59 Å². The minimum absolute atomic E-state index is 0.203. The summed E-state index contributed by atoms with van der Waals surface area (Å²) in [7, 11) is 0. The Morgan fingerprint density at radius 2 is 1.50 bits per heavy atom. The summed E-state index contributed by atoms with van der Waals surface area (Å²) in [5.74, 6) is -1.29. The van der Waals surface area contributed by atoms with Crippen LogP contribution in [0.1, 0.15) is 56.6 Å². The molecule has 2 saturated heterocycles. The maximum Gasteiger partial charge on any atom is 0.414 e. The Morgan fingerprint density at radius 3 is 2.20 bits per heavy atom. The summed E-state index contributed by atoms with van der Waals surface area (Å²) in [6, 6.07) is 23.0. The summed E-state index contributed by atoms with van der Waals surface area (Å²) in [6.07, 6.45) is 5.74. The molecule has 2 N–H and O–H groups in total. The molecule has 1 aromatic heterocycles. The van der Waals surface area contributed by atoms with Gasteiger partial charge >= 0.3 is 17.9 Å². The average Bonchev–Trinajstić information content (AvgIpc) is 3.92. The van der Waals surface area contributed by atoms with E-state index >= 15 is 0 Å². The van der Waals surface area contributed by atoms with Crippen LogP contribution in [0.15, 0.2) is 66.7 Å². The topological polar surface area (TPSA) is 152 Å². The van der Waals surface area contributed by atoms with E-state index < -0.39 is 11.9 Å². The van der Waals surface area contributed by atoms with Crippen LogP contribution in [0.4, 0.5) is 0 Å². The molecule has 0 spiro atoms. The fourth-order valence-corrected chi connectivity index (χ4v) is 7.70. The molecule has 0 radical (unpaired) electrons. The van der Waals surface area contributed by atoms with Gasteiger partial charge < -0.3 is 34.1 Å². The van der Waals surface area contributed by atoms with Crippen molar-refractivity contribution >= 4 is 45.2 Å². The van der Waals surface area contributed by atoms with Crippen molar-refractivity contribution < 1.29 is 48.3 Å². The lowest BCUT2D eigenvalue weighted by Gasteiger charge is -2.17. The molecule has 3 heterocycles. The monoisotopic (exact) mass is 760 g/mol. The molecule has 0 aliphatic carbocycles. The molecular weight excluding hydrogens is 713 g/mol. The molecule has 4 aromatic rings. The number of thiophene rings is 1. The summed E-state index contributed by atoms with van der Waals surface area (Å²) < 4.78 is 24.9. The minimum atomic E-state index is -1.82. The smallest absolute Gasteiger partial charge is 0.414 e. The summed E-state index contributed by atoms with van der Waals surface area (Å²) in [5, 5.41) is 16.0. The highest BCUT2D eigenvalue weighted by molar-refractivity contribution is 7.22. The van der Waals surface area contributed by atoms with Crippen molar-refractivity contribution in [1.29, 1.82) is 0 Å². The van der Waals surface area contributed by atoms with E-state index in [0.717, 1.165) is 66.7 Å². The Kier molecular flexibility index (Phi) is 15.1. The molecule has 0 saturated carbocycles. The van der Waals surface area contributed by atoms with Gasteiger partial charge in [-0.1, -0.05) is 30.3 Å². The number of hydrogen-bond donors (Lipinski definition) is 2. The number of carbonyl (C=O) groups excluding carboxylic acids is 2. The Bertz CT molecular complexity index is 1860. The molecule has 13 heteroatoms. The number of nitrogens with zero attached hydrogens (tertiary/aromatic N) is 2. The molecular formula is C41H48N2O10S. The van der Waals surface area contributed by atoms with Gasteiger partial charge in [-0.2, -0.15) is 0 Å². The van der Waals surface area contributed by atoms with E-state index in [4.69, 9.17) is 38.7 Å². The highest BCUT2D eigenvalue weighted by Gasteiger charge is 2.21. The number of esters is 1. The Labute approximate surface area is 319 Å². The summed E-state index contributed by atoms with van der Waals surface area (Å²) in [4.78, 5) is 47.6. The molecule has 6 rings (SSSR count). The van der Waals surface area contributed by atoms with Crippen molar-refractivity contribution in [3.05, 3.63) is 77.9 Å². The van der Waals surface area contributed by atoms with Crippen LogP contribution in [0.3, 0.4) is 0 Å². The van der Waals surface area contributed by atoms with Crippen LogP contribution in [0.25, 0.3) is 20.5 Å². The normalized spacial score (nSPS) is 14.1. The Balaban J connectivity index is 0.000000864. The van der Waals surface area contributed by atoms with Crippen LogP contribution in [-0.2, 0) is 30.3 Å². The maximum atomic E-state index is 12.0. The molecule has 0 bridgehead atoms. The van der Waals surface area contributed by atoms with Gasteiger partial charge in [-0.05, 0) is 99.0 Å². The van der Waals surface area contributed by atoms with Crippen molar-refractivity contribution in [1.82, 2.24) is 9.80 Å². The standard InChI is InChI=1S/C39H46N2O6S.C2H2O4/c1-2-44-38(43)12-8-24-47-35-28-31(46-25-22-40-19-5-6-20-40)17-18-33(35)39-34(32-9-3-4-10-36(32)48-39)27-29-13-15-30(16-14-29)45-26-23-41-21-7-11-37(41)42;3-1(4)2(5)6/h3-4,9-10,13-18,28H,2,5-8,11-12,19-27H2,1H3;(H,3,4)(H,5,6). The molecule has 2 aliphatic rings. The van der Waals surface area contributed by atoms with E-state index in [2.05, 4.69) is 47.4 Å². The number of carbonyl (C=O) groups is 4. The van der Waals surface area contributed by atoms with E-state index in [-0.39, 0.29) is 11.9 Å². The average molecular weight is 761 g/mol. The third-order valence-corrected chi connectivity index (χ3v) is 10.4. The number of likely N-dealkylation sites (tertiary alicyclic amines) is 2. The van der Waals surface area contributed by atoms with Crippen molar-refractivity contribution in [3.63, 3.8) is 0 Å². The third kappa shape index (κ3) is 11.7. The van der Waals surface area contributed by atoms with Gasteiger partial charge in [0.25, 0.3) is 0 Å². The van der Waals surface area contributed by atoms with Crippen LogP contribution in [0.5, 0.6) is 17.2 Å². The predicted molar refractivity (Wildman–Crippen MR) is 206 cm³/mol. The van der Waals surface area contributed by atoms with Gasteiger partial charge in [0.2, 0.25) is 5.91 Å². The van der Waals surface area contributed by atoms with Crippen LogP contribution in [-0.4, -0.2) is 103 Å². The SMILES string of the molecule is CCOC(=O)CCCOc1cc(OCCN2CCCC2)ccc1-c1sc2ccccc2c1Cc1ccc(OCCN2CCCC2=O)cc1.O=C(O)C(=O)O. The molecule has 288 valence electrons. The Hall–Kier alpha value is -5.14. The van der Waals surface area contributed by atoms with Crippen LogP contribution in [0.2, 0.25) is 0 Å². The zero-order valence-corrected chi connectivity index (χ0v) is 31.4. The first kappa shape index (κ1) is 40.1. The van der Waals surface area contributed by atoms with E-state index in [9.17, 15) is 9.59 Å². The number of amides is 1. The second kappa shape index (κ2) is 20.4. The number of hydrogen-bond acceptors (Lipinski definition) is 10. The van der Waals surface area contributed by atoms with E-state index in [1.807, 2.05) is 36.1 Å². The first-order chi connectivity index (χ1) is 26.2. The number of carboxylic acids is 2. The molecule has 3 aromatic carbocycles. The molecule has 0 atom stereocenters. The molecule has 2 aliphatic heterocycles. The van der Waals surface area contributed by atoms with E-state index in [1.165, 1.54) is 34.1 Å². The number of aliphatic carboxylic acids is 2. The van der Waals surface area contributed by atoms with Crippen LogP contribution < -0.4 is 14.2 Å². The first-order valence-corrected chi connectivity index (χ1v) is 19.3. The highest BCUT2D eigenvalue weighted by Crippen LogP contribution is 2.44. The fourth-order valence-electron chi connectivity index (χ4n) is 6.44. The van der Waals surface area contributed by atoms with Gasteiger partial charge in [-0.3, -0.25) is 14.5 Å². The van der Waals surface area contributed by atoms with Gasteiger partial charge in [0.15, 0.2) is 0 Å². The van der Waals surface area contributed by atoms with Crippen molar-refractivity contribution in [2.75, 3.05) is 59.2 Å². The van der Waals surface area contributed by atoms with E-state index in [1.54, 1.807) is 11.3 Å². The second-order valence-electron chi connectivity index (χ2n) is 13.0. The zero-order chi connectivity index (χ0) is 38.3.